The van der Waals surface area contributed by atoms with Crippen molar-refractivity contribution in [1.29, 1.82) is 0 Å². The molecule has 2 heteroatoms. The monoisotopic (exact) mass is 214 g/mol. The van der Waals surface area contributed by atoms with Gasteiger partial charge in [-0.3, -0.25) is 4.39 Å². The van der Waals surface area contributed by atoms with Crippen LogP contribution in [-0.4, -0.2) is 13.0 Å². The minimum Gasteiger partial charge on any atom is -0.303 e. The van der Waals surface area contributed by atoms with Gasteiger partial charge in [-0.1, -0.05) is 27.7 Å². The maximum Gasteiger partial charge on any atom is 0.126 e. The third kappa shape index (κ3) is 3.02. The summed E-state index contributed by atoms with van der Waals surface area (Å²) in [4.78, 5) is 11.3. The van der Waals surface area contributed by atoms with Gasteiger partial charge in [-0.05, 0) is 36.5 Å². The van der Waals surface area contributed by atoms with Gasteiger partial charge in [0.25, 0.3) is 0 Å². The summed E-state index contributed by atoms with van der Waals surface area (Å²) >= 11 is 0. The molecule has 0 aromatic heterocycles. The van der Waals surface area contributed by atoms with Crippen LogP contribution in [0.3, 0.4) is 0 Å². The summed E-state index contributed by atoms with van der Waals surface area (Å²) in [7, 11) is 0. The van der Waals surface area contributed by atoms with Gasteiger partial charge in [0.15, 0.2) is 0 Å². The molecular weight excluding hydrogens is 191 g/mol. The Morgan fingerprint density at radius 1 is 1.07 bits per heavy atom. The Bertz CT molecular complexity index is 227. The first-order chi connectivity index (χ1) is 6.74. The van der Waals surface area contributed by atoms with E-state index >= 15 is 0 Å². The molecule has 0 saturated heterocycles. The van der Waals surface area contributed by atoms with Gasteiger partial charge in [0.1, 0.15) is 6.29 Å². The van der Waals surface area contributed by atoms with Gasteiger partial charge in [0, 0.05) is 5.41 Å². The van der Waals surface area contributed by atoms with Crippen molar-refractivity contribution in [1.82, 2.24) is 0 Å². The maximum atomic E-state index is 12.6. The molecule has 1 aliphatic rings. The minimum atomic E-state index is -0.417. The van der Waals surface area contributed by atoms with E-state index in [1.165, 1.54) is 0 Å². The van der Waals surface area contributed by atoms with Gasteiger partial charge in [0.05, 0.1) is 6.67 Å². The molecule has 0 atom stereocenters. The molecule has 1 rings (SSSR count). The van der Waals surface area contributed by atoms with Crippen molar-refractivity contribution in [2.24, 2.45) is 16.2 Å². The molecule has 0 heterocycles. The van der Waals surface area contributed by atoms with Crippen LogP contribution >= 0.6 is 0 Å². The average molecular weight is 214 g/mol. The highest BCUT2D eigenvalue weighted by molar-refractivity contribution is 5.60. The highest BCUT2D eigenvalue weighted by Gasteiger charge is 2.46. The lowest BCUT2D eigenvalue weighted by Gasteiger charge is -2.49. The molecule has 1 aliphatic carbocycles. The lowest BCUT2D eigenvalue weighted by atomic mass is 9.55. The number of rotatable bonds is 3. The standard InChI is InChI=1S/C13H23FO/c1-11(2)7-12(3,4)9-13(8-11,10-15)5-6-14/h10H,5-9H2,1-4H3. The number of alkyl halides is 1. The summed E-state index contributed by atoms with van der Waals surface area (Å²) in [5, 5.41) is 0. The molecule has 0 unspecified atom stereocenters. The molecule has 0 bridgehead atoms. The second-order valence-corrected chi connectivity index (χ2v) is 6.78. The number of carbonyl (C=O) groups excluding carboxylic acids is 1. The van der Waals surface area contributed by atoms with Crippen LogP contribution < -0.4 is 0 Å². The largest absolute Gasteiger partial charge is 0.303 e. The molecule has 0 aliphatic heterocycles. The molecule has 0 amide bonds. The Labute approximate surface area is 92.4 Å². The first-order valence-corrected chi connectivity index (χ1v) is 5.77. The normalized spacial score (nSPS) is 27.3. The summed E-state index contributed by atoms with van der Waals surface area (Å²) in [5.74, 6) is 0. The van der Waals surface area contributed by atoms with Gasteiger partial charge in [-0.25, -0.2) is 0 Å². The fourth-order valence-corrected chi connectivity index (χ4v) is 3.90. The molecule has 0 radical (unpaired) electrons. The Hall–Kier alpha value is -0.400. The topological polar surface area (TPSA) is 17.1 Å². The van der Waals surface area contributed by atoms with Crippen molar-refractivity contribution in [3.05, 3.63) is 0 Å². The Kier molecular flexibility index (Phi) is 3.27. The molecule has 0 aromatic carbocycles. The molecule has 88 valence electrons. The van der Waals surface area contributed by atoms with E-state index in [2.05, 4.69) is 27.7 Å². The summed E-state index contributed by atoms with van der Waals surface area (Å²) in [6.07, 6.45) is 4.17. The van der Waals surface area contributed by atoms with Gasteiger partial charge in [-0.15, -0.1) is 0 Å². The van der Waals surface area contributed by atoms with Gasteiger partial charge in [0.2, 0.25) is 0 Å². The molecule has 1 nitrogen and oxygen atoms in total. The van der Waals surface area contributed by atoms with Gasteiger partial charge >= 0.3 is 0 Å². The Balaban J connectivity index is 2.94. The number of carbonyl (C=O) groups is 1. The summed E-state index contributed by atoms with van der Waals surface area (Å²) < 4.78 is 12.6. The number of halogens is 1. The zero-order valence-corrected chi connectivity index (χ0v) is 10.4. The lowest BCUT2D eigenvalue weighted by Crippen LogP contribution is -2.42. The van der Waals surface area contributed by atoms with E-state index < -0.39 is 5.41 Å². The summed E-state index contributed by atoms with van der Waals surface area (Å²) in [6.45, 7) is 8.36. The average Bonchev–Trinajstić information content (AvgIpc) is 1.98. The number of hydrogen-bond donors (Lipinski definition) is 0. The van der Waals surface area contributed by atoms with Crippen LogP contribution in [0.15, 0.2) is 0 Å². The lowest BCUT2D eigenvalue weighted by molar-refractivity contribution is -0.125. The molecule has 15 heavy (non-hydrogen) atoms. The highest BCUT2D eigenvalue weighted by atomic mass is 19.1. The minimum absolute atomic E-state index is 0.151. The van der Waals surface area contributed by atoms with E-state index in [0.29, 0.717) is 6.42 Å². The van der Waals surface area contributed by atoms with Crippen molar-refractivity contribution in [2.45, 2.75) is 53.4 Å². The van der Waals surface area contributed by atoms with E-state index in [-0.39, 0.29) is 17.5 Å². The second-order valence-electron chi connectivity index (χ2n) is 6.78. The molecule has 1 saturated carbocycles. The van der Waals surface area contributed by atoms with Crippen LogP contribution in [0.1, 0.15) is 53.4 Å². The van der Waals surface area contributed by atoms with Crippen LogP contribution in [0.25, 0.3) is 0 Å². The van der Waals surface area contributed by atoms with Crippen LogP contribution in [0.2, 0.25) is 0 Å². The van der Waals surface area contributed by atoms with Crippen LogP contribution in [-0.2, 0) is 4.79 Å². The zero-order valence-electron chi connectivity index (χ0n) is 10.4. The van der Waals surface area contributed by atoms with Crippen molar-refractivity contribution >= 4 is 6.29 Å². The summed E-state index contributed by atoms with van der Waals surface area (Å²) in [6, 6.07) is 0. The predicted molar refractivity (Wildman–Crippen MR) is 60.5 cm³/mol. The first kappa shape index (κ1) is 12.7. The van der Waals surface area contributed by atoms with E-state index in [4.69, 9.17) is 0 Å². The van der Waals surface area contributed by atoms with Gasteiger partial charge in [-0.2, -0.15) is 0 Å². The fourth-order valence-electron chi connectivity index (χ4n) is 3.90. The third-order valence-corrected chi connectivity index (χ3v) is 3.46. The Morgan fingerprint density at radius 2 is 1.53 bits per heavy atom. The molecule has 0 spiro atoms. The van der Waals surface area contributed by atoms with Gasteiger partial charge < -0.3 is 4.79 Å². The quantitative estimate of drug-likeness (QED) is 0.654. The van der Waals surface area contributed by atoms with E-state index in [1.54, 1.807) is 0 Å². The highest BCUT2D eigenvalue weighted by Crippen LogP contribution is 2.54. The smallest absolute Gasteiger partial charge is 0.126 e. The van der Waals surface area contributed by atoms with Crippen LogP contribution in [0.5, 0.6) is 0 Å². The van der Waals surface area contributed by atoms with Crippen molar-refractivity contribution in [3.63, 3.8) is 0 Å². The first-order valence-electron chi connectivity index (χ1n) is 5.77. The van der Waals surface area contributed by atoms with Crippen LogP contribution in [0.4, 0.5) is 4.39 Å². The van der Waals surface area contributed by atoms with Crippen LogP contribution in [0, 0.1) is 16.2 Å². The predicted octanol–water partition coefficient (Wildman–Crippen LogP) is 3.77. The molecular formula is C13H23FO. The summed E-state index contributed by atoms with van der Waals surface area (Å²) in [5.41, 5.74) is -0.115. The third-order valence-electron chi connectivity index (χ3n) is 3.46. The van der Waals surface area contributed by atoms with E-state index in [9.17, 15) is 9.18 Å². The van der Waals surface area contributed by atoms with Crippen molar-refractivity contribution in [2.75, 3.05) is 6.67 Å². The number of hydrogen-bond acceptors (Lipinski definition) is 1. The van der Waals surface area contributed by atoms with E-state index in [0.717, 1.165) is 25.5 Å². The molecule has 0 N–H and O–H groups in total. The number of aldehydes is 1. The fraction of sp³-hybridized carbons (Fsp3) is 0.923. The second kappa shape index (κ2) is 3.88. The Morgan fingerprint density at radius 3 is 1.87 bits per heavy atom. The van der Waals surface area contributed by atoms with Crippen molar-refractivity contribution < 1.29 is 9.18 Å². The molecule has 0 aromatic rings. The zero-order chi connectivity index (χ0) is 11.7. The molecule has 1 fully saturated rings. The SMILES string of the molecule is CC1(C)CC(C)(C)CC(C=O)(CCF)C1. The van der Waals surface area contributed by atoms with Crippen molar-refractivity contribution in [3.8, 4) is 0 Å². The van der Waals surface area contributed by atoms with E-state index in [1.807, 2.05) is 0 Å². The maximum absolute atomic E-state index is 12.6.